The zero-order valence-corrected chi connectivity index (χ0v) is 17.9. The number of aromatic amines is 1. The number of aromatic nitrogens is 2. The summed E-state index contributed by atoms with van der Waals surface area (Å²) in [5, 5.41) is 1.69. The number of H-pyrrole nitrogens is 1. The second-order valence-electron chi connectivity index (χ2n) is 7.25. The topological polar surface area (TPSA) is 79.9 Å². The van der Waals surface area contributed by atoms with Gasteiger partial charge in [-0.25, -0.2) is 22.2 Å². The molecule has 0 bridgehead atoms. The smallest absolute Gasteiger partial charge is 0.198 e. The summed E-state index contributed by atoms with van der Waals surface area (Å²) < 4.78 is 53.7. The molecule has 0 spiro atoms. The van der Waals surface area contributed by atoms with E-state index >= 15 is 4.39 Å². The largest absolute Gasteiger partial charge is 0.339 e. The van der Waals surface area contributed by atoms with Crippen molar-refractivity contribution < 1.29 is 22.0 Å². The third kappa shape index (κ3) is 4.05. The van der Waals surface area contributed by atoms with Gasteiger partial charge in [0.05, 0.1) is 22.1 Å². The number of hydrogen-bond donors (Lipinski definition) is 1. The molecule has 2 aromatic heterocycles. The van der Waals surface area contributed by atoms with E-state index in [-0.39, 0.29) is 16.9 Å². The number of nitrogens with one attached hydrogen (secondary N) is 1. The highest BCUT2D eigenvalue weighted by Crippen LogP contribution is 2.29. The number of fused-ring (bicyclic) bond motifs is 3. The Morgan fingerprint density at radius 2 is 1.90 bits per heavy atom. The lowest BCUT2D eigenvalue weighted by molar-refractivity contribution is 0.103. The number of hydrogen-bond acceptors (Lipinski definition) is 4. The van der Waals surface area contributed by atoms with E-state index in [0.29, 0.717) is 33.4 Å². The summed E-state index contributed by atoms with van der Waals surface area (Å²) in [6, 6.07) is 8.22. The Kier molecular flexibility index (Phi) is 5.53. The molecule has 0 fully saturated rings. The van der Waals surface area contributed by atoms with Gasteiger partial charge in [-0.05, 0) is 36.8 Å². The lowest BCUT2D eigenvalue weighted by Gasteiger charge is -2.10. The number of benzene rings is 2. The standard InChI is InChI=1S/C22H17ClF2N2O3S/c1-2-7-31(29,30)11-13-3-5-17(24)19(20(13)25)21(28)12-4-6-18-15(8-12)16-9-14(23)10-26-22(16)27-18/h3-6,8-10H,2,7,11H2,1H3,(H,26,27). The van der Waals surface area contributed by atoms with Crippen LogP contribution >= 0.6 is 11.6 Å². The lowest BCUT2D eigenvalue weighted by atomic mass is 9.98. The van der Waals surface area contributed by atoms with E-state index < -0.39 is 38.6 Å². The number of halogens is 3. The van der Waals surface area contributed by atoms with Gasteiger partial charge in [0, 0.05) is 33.6 Å². The summed E-state index contributed by atoms with van der Waals surface area (Å²) in [6.07, 6.45) is 1.86. The predicted octanol–water partition coefficient (Wildman–Crippen LogP) is 5.20. The molecule has 0 atom stereocenters. The first-order valence-electron chi connectivity index (χ1n) is 9.49. The van der Waals surface area contributed by atoms with Crippen LogP contribution < -0.4 is 0 Å². The molecule has 0 saturated heterocycles. The minimum atomic E-state index is -3.57. The van der Waals surface area contributed by atoms with E-state index in [1.807, 2.05) is 0 Å². The highest BCUT2D eigenvalue weighted by molar-refractivity contribution is 7.90. The number of rotatable bonds is 6. The molecule has 160 valence electrons. The minimum absolute atomic E-state index is 0.0553. The van der Waals surface area contributed by atoms with E-state index in [0.717, 1.165) is 12.1 Å². The molecule has 2 aromatic carbocycles. The third-order valence-corrected chi connectivity index (χ3v) is 6.96. The Hall–Kier alpha value is -2.84. The molecule has 4 rings (SSSR count). The van der Waals surface area contributed by atoms with Crippen molar-refractivity contribution in [3.63, 3.8) is 0 Å². The number of ketones is 1. The van der Waals surface area contributed by atoms with Crippen LogP contribution in [-0.2, 0) is 15.6 Å². The van der Waals surface area contributed by atoms with Crippen LogP contribution in [0.15, 0.2) is 42.6 Å². The van der Waals surface area contributed by atoms with Crippen LogP contribution in [0.2, 0.25) is 5.02 Å². The molecule has 0 unspecified atom stereocenters. The quantitative estimate of drug-likeness (QED) is 0.399. The second-order valence-corrected chi connectivity index (χ2v) is 9.87. The maximum absolute atomic E-state index is 15.0. The number of nitrogens with zero attached hydrogens (tertiary/aromatic N) is 1. The molecule has 9 heteroatoms. The predicted molar refractivity (Wildman–Crippen MR) is 116 cm³/mol. The highest BCUT2D eigenvalue weighted by atomic mass is 35.5. The van der Waals surface area contributed by atoms with Crippen LogP contribution in [0, 0.1) is 11.6 Å². The fraction of sp³-hybridized carbons (Fsp3) is 0.182. The van der Waals surface area contributed by atoms with E-state index in [4.69, 9.17) is 11.6 Å². The molecule has 4 aromatic rings. The van der Waals surface area contributed by atoms with Crippen LogP contribution in [0.1, 0.15) is 34.8 Å². The molecular weight excluding hydrogens is 446 g/mol. The number of sulfone groups is 1. The van der Waals surface area contributed by atoms with Crippen molar-refractivity contribution >= 4 is 49.2 Å². The van der Waals surface area contributed by atoms with Gasteiger partial charge >= 0.3 is 0 Å². The summed E-state index contributed by atoms with van der Waals surface area (Å²) in [4.78, 5) is 20.3. The van der Waals surface area contributed by atoms with E-state index in [2.05, 4.69) is 9.97 Å². The molecule has 0 saturated carbocycles. The maximum Gasteiger partial charge on any atom is 0.198 e. The van der Waals surface area contributed by atoms with Crippen molar-refractivity contribution in [2.45, 2.75) is 19.1 Å². The summed E-state index contributed by atoms with van der Waals surface area (Å²) in [5.74, 6) is -3.81. The fourth-order valence-corrected chi connectivity index (χ4v) is 5.19. The van der Waals surface area contributed by atoms with E-state index in [9.17, 15) is 17.6 Å². The SMILES string of the molecule is CCCS(=O)(=O)Cc1ccc(F)c(C(=O)c2ccc3[nH]c4ncc(Cl)cc4c3c2)c1F. The third-order valence-electron chi connectivity index (χ3n) is 4.97. The van der Waals surface area contributed by atoms with Crippen molar-refractivity contribution in [2.75, 3.05) is 5.75 Å². The van der Waals surface area contributed by atoms with Crippen molar-refractivity contribution in [1.82, 2.24) is 9.97 Å². The van der Waals surface area contributed by atoms with Gasteiger partial charge in [0.2, 0.25) is 0 Å². The van der Waals surface area contributed by atoms with Crippen LogP contribution in [0.4, 0.5) is 8.78 Å². The zero-order valence-electron chi connectivity index (χ0n) is 16.4. The summed E-state index contributed by atoms with van der Waals surface area (Å²) >= 11 is 6.02. The minimum Gasteiger partial charge on any atom is -0.339 e. The van der Waals surface area contributed by atoms with Gasteiger partial charge in [0.15, 0.2) is 15.6 Å². The normalized spacial score (nSPS) is 12.0. The Morgan fingerprint density at radius 1 is 1.13 bits per heavy atom. The van der Waals surface area contributed by atoms with Gasteiger partial charge in [-0.3, -0.25) is 4.79 Å². The monoisotopic (exact) mass is 462 g/mol. The molecule has 5 nitrogen and oxygen atoms in total. The average Bonchev–Trinajstić information content (AvgIpc) is 3.07. The molecule has 2 heterocycles. The second kappa shape index (κ2) is 8.01. The fourth-order valence-electron chi connectivity index (χ4n) is 3.57. The summed E-state index contributed by atoms with van der Waals surface area (Å²) in [5.41, 5.74) is 0.285. The molecule has 0 aliphatic heterocycles. The van der Waals surface area contributed by atoms with E-state index in [1.165, 1.54) is 18.3 Å². The lowest BCUT2D eigenvalue weighted by Crippen LogP contribution is -2.14. The molecule has 0 amide bonds. The van der Waals surface area contributed by atoms with Crippen LogP contribution in [-0.4, -0.2) is 29.9 Å². The molecule has 31 heavy (non-hydrogen) atoms. The van der Waals surface area contributed by atoms with Gasteiger partial charge in [-0.15, -0.1) is 0 Å². The first-order valence-corrected chi connectivity index (χ1v) is 11.7. The Balaban J connectivity index is 1.80. The van der Waals surface area contributed by atoms with Gasteiger partial charge in [0.25, 0.3) is 0 Å². The first kappa shape index (κ1) is 21.4. The molecule has 1 N–H and O–H groups in total. The van der Waals surface area contributed by atoms with Crippen LogP contribution in [0.5, 0.6) is 0 Å². The summed E-state index contributed by atoms with van der Waals surface area (Å²) in [6.45, 7) is 1.69. The maximum atomic E-state index is 15.0. The number of pyridine rings is 1. The molecular formula is C22H17ClF2N2O3S. The Bertz CT molecular complexity index is 1450. The molecule has 0 aliphatic rings. The molecule has 0 aliphatic carbocycles. The van der Waals surface area contributed by atoms with Crippen LogP contribution in [0.25, 0.3) is 21.9 Å². The number of carbonyl (C=O) groups excluding carboxylic acids is 1. The Labute approximate surface area is 182 Å². The van der Waals surface area contributed by atoms with E-state index in [1.54, 1.807) is 19.1 Å². The summed E-state index contributed by atoms with van der Waals surface area (Å²) in [7, 11) is -3.57. The van der Waals surface area contributed by atoms with Crippen LogP contribution in [0.3, 0.4) is 0 Å². The zero-order chi connectivity index (χ0) is 22.3. The van der Waals surface area contributed by atoms with Crippen molar-refractivity contribution in [3.05, 3.63) is 75.9 Å². The Morgan fingerprint density at radius 3 is 2.65 bits per heavy atom. The average molecular weight is 463 g/mol. The van der Waals surface area contributed by atoms with Crippen molar-refractivity contribution in [1.29, 1.82) is 0 Å². The van der Waals surface area contributed by atoms with Crippen molar-refractivity contribution in [3.8, 4) is 0 Å². The van der Waals surface area contributed by atoms with Gasteiger partial charge in [-0.1, -0.05) is 24.6 Å². The van der Waals surface area contributed by atoms with Gasteiger partial charge < -0.3 is 4.98 Å². The number of carbonyl (C=O) groups is 1. The van der Waals surface area contributed by atoms with Gasteiger partial charge in [0.1, 0.15) is 17.3 Å². The van der Waals surface area contributed by atoms with Gasteiger partial charge in [-0.2, -0.15) is 0 Å². The highest BCUT2D eigenvalue weighted by Gasteiger charge is 2.24. The molecule has 0 radical (unpaired) electrons. The van der Waals surface area contributed by atoms with Crippen molar-refractivity contribution in [2.24, 2.45) is 0 Å². The first-order chi connectivity index (χ1) is 14.7.